The molecule has 0 amide bonds. The highest BCUT2D eigenvalue weighted by molar-refractivity contribution is 7.98. The molecule has 0 heterocycles. The Morgan fingerprint density at radius 1 is 1.00 bits per heavy atom. The molecule has 2 N–H and O–H groups in total. The van der Waals surface area contributed by atoms with Crippen LogP contribution in [0.2, 0.25) is 0 Å². The van der Waals surface area contributed by atoms with Crippen LogP contribution in [0.25, 0.3) is 0 Å². The predicted octanol–water partition coefficient (Wildman–Crippen LogP) is 3.38. The first-order valence-electron chi connectivity index (χ1n) is 5.88. The van der Waals surface area contributed by atoms with Crippen LogP contribution >= 0.6 is 11.8 Å². The van der Waals surface area contributed by atoms with Crippen LogP contribution < -0.4 is 5.73 Å². The van der Waals surface area contributed by atoms with Gasteiger partial charge in [-0.05, 0) is 17.7 Å². The zero-order valence-corrected chi connectivity index (χ0v) is 11.6. The molecule has 0 spiro atoms. The molecule has 7 nitrogen and oxygen atoms in total. The molecule has 8 heteroatoms. The number of para-hydroxylation sites is 1. The first-order valence-corrected chi connectivity index (χ1v) is 6.86. The van der Waals surface area contributed by atoms with Crippen LogP contribution in [0.3, 0.4) is 0 Å². The second kappa shape index (κ2) is 6.23. The number of hydrogen-bond acceptors (Lipinski definition) is 6. The minimum absolute atomic E-state index is 0.0224. The molecule has 0 aliphatic heterocycles. The van der Waals surface area contributed by atoms with E-state index in [0.717, 1.165) is 4.90 Å². The van der Waals surface area contributed by atoms with Crippen molar-refractivity contribution in [3.63, 3.8) is 0 Å². The van der Waals surface area contributed by atoms with Crippen LogP contribution in [-0.2, 0) is 5.75 Å². The summed E-state index contributed by atoms with van der Waals surface area (Å²) < 4.78 is 0. The third-order valence-corrected chi connectivity index (χ3v) is 3.87. The number of nitrogen functional groups attached to an aromatic ring is 1. The van der Waals surface area contributed by atoms with Gasteiger partial charge >= 0.3 is 0 Å². The SMILES string of the molecule is Nc1c(CSc2ccc([N+](=O)[O-])cc2)cccc1[N+](=O)[O-]. The van der Waals surface area contributed by atoms with Crippen LogP contribution in [0.1, 0.15) is 5.56 Å². The summed E-state index contributed by atoms with van der Waals surface area (Å²) in [6.07, 6.45) is 0. The van der Waals surface area contributed by atoms with Gasteiger partial charge in [0.1, 0.15) is 5.69 Å². The number of benzene rings is 2. The molecule has 0 aliphatic rings. The maximum Gasteiger partial charge on any atom is 0.292 e. The molecular formula is C13H11N3O4S. The van der Waals surface area contributed by atoms with Gasteiger partial charge in [0.25, 0.3) is 11.4 Å². The predicted molar refractivity (Wildman–Crippen MR) is 80.2 cm³/mol. The van der Waals surface area contributed by atoms with Crippen molar-refractivity contribution in [3.8, 4) is 0 Å². The van der Waals surface area contributed by atoms with E-state index in [1.165, 1.54) is 30.0 Å². The first-order chi connectivity index (χ1) is 9.99. The largest absolute Gasteiger partial charge is 0.393 e. The second-order valence-corrected chi connectivity index (χ2v) is 5.20. The van der Waals surface area contributed by atoms with Crippen LogP contribution in [0.5, 0.6) is 0 Å². The van der Waals surface area contributed by atoms with Gasteiger partial charge in [-0.1, -0.05) is 12.1 Å². The third kappa shape index (κ3) is 3.48. The highest BCUT2D eigenvalue weighted by atomic mass is 32.2. The van der Waals surface area contributed by atoms with E-state index in [1.807, 2.05) is 0 Å². The Balaban J connectivity index is 2.11. The maximum atomic E-state index is 10.8. The maximum absolute atomic E-state index is 10.8. The Labute approximate surface area is 124 Å². The lowest BCUT2D eigenvalue weighted by molar-refractivity contribution is -0.384. The molecule has 0 fully saturated rings. The van der Waals surface area contributed by atoms with Crippen LogP contribution in [0.15, 0.2) is 47.4 Å². The number of nitro benzene ring substituents is 2. The van der Waals surface area contributed by atoms with Crippen molar-refractivity contribution in [1.82, 2.24) is 0 Å². The lowest BCUT2D eigenvalue weighted by atomic mass is 10.2. The summed E-state index contributed by atoms with van der Waals surface area (Å²) in [5.41, 5.74) is 6.49. The fraction of sp³-hybridized carbons (Fsp3) is 0.0769. The average Bonchev–Trinajstić information content (AvgIpc) is 2.46. The van der Waals surface area contributed by atoms with Gasteiger partial charge in [-0.3, -0.25) is 20.2 Å². The number of rotatable bonds is 5. The zero-order chi connectivity index (χ0) is 15.4. The van der Waals surface area contributed by atoms with Crippen LogP contribution in [0.4, 0.5) is 17.1 Å². The van der Waals surface area contributed by atoms with E-state index in [2.05, 4.69) is 0 Å². The number of non-ortho nitro benzene ring substituents is 1. The minimum atomic E-state index is -0.518. The molecule has 2 aromatic carbocycles. The molecule has 0 atom stereocenters. The monoisotopic (exact) mass is 305 g/mol. The molecule has 0 saturated carbocycles. The van der Waals surface area contributed by atoms with Gasteiger partial charge in [0.2, 0.25) is 0 Å². The quantitative estimate of drug-likeness (QED) is 0.392. The molecule has 0 aromatic heterocycles. The number of anilines is 1. The second-order valence-electron chi connectivity index (χ2n) is 4.15. The van der Waals surface area contributed by atoms with Crippen molar-refractivity contribution in [2.75, 3.05) is 5.73 Å². The summed E-state index contributed by atoms with van der Waals surface area (Å²) in [7, 11) is 0. The molecule has 0 radical (unpaired) electrons. The Hall–Kier alpha value is -2.61. The van der Waals surface area contributed by atoms with Gasteiger partial charge in [0.15, 0.2) is 0 Å². The fourth-order valence-corrected chi connectivity index (χ4v) is 2.61. The smallest absolute Gasteiger partial charge is 0.292 e. The molecule has 0 unspecified atom stereocenters. The third-order valence-electron chi connectivity index (χ3n) is 2.81. The highest BCUT2D eigenvalue weighted by Crippen LogP contribution is 2.31. The van der Waals surface area contributed by atoms with Gasteiger partial charge in [-0.25, -0.2) is 0 Å². The number of nitro groups is 2. The van der Waals surface area contributed by atoms with Crippen molar-refractivity contribution in [1.29, 1.82) is 0 Å². The van der Waals surface area contributed by atoms with E-state index < -0.39 is 9.85 Å². The van der Waals surface area contributed by atoms with E-state index >= 15 is 0 Å². The molecule has 0 bridgehead atoms. The lowest BCUT2D eigenvalue weighted by Gasteiger charge is -2.06. The van der Waals surface area contributed by atoms with Crippen molar-refractivity contribution in [2.24, 2.45) is 0 Å². The van der Waals surface area contributed by atoms with E-state index in [4.69, 9.17) is 5.73 Å². The van der Waals surface area contributed by atoms with Gasteiger partial charge in [0.05, 0.1) is 9.85 Å². The Morgan fingerprint density at radius 3 is 2.24 bits per heavy atom. The summed E-state index contributed by atoms with van der Waals surface area (Å²) >= 11 is 1.40. The Bertz CT molecular complexity index is 688. The summed E-state index contributed by atoms with van der Waals surface area (Å²) in [6.45, 7) is 0. The van der Waals surface area contributed by atoms with Crippen molar-refractivity contribution < 1.29 is 9.85 Å². The molecule has 0 saturated heterocycles. The molecule has 2 rings (SSSR count). The number of thioether (sulfide) groups is 1. The Morgan fingerprint density at radius 2 is 1.67 bits per heavy atom. The van der Waals surface area contributed by atoms with Crippen LogP contribution in [0, 0.1) is 20.2 Å². The summed E-state index contributed by atoms with van der Waals surface area (Å²) in [6, 6.07) is 10.8. The standard InChI is InChI=1S/C13H11N3O4S/c14-13-9(2-1-3-12(13)16(19)20)8-21-11-6-4-10(5-7-11)15(17)18/h1-7H,8,14H2. The minimum Gasteiger partial charge on any atom is -0.393 e. The number of hydrogen-bond donors (Lipinski definition) is 1. The van der Waals surface area contributed by atoms with Gasteiger partial charge in [0, 0.05) is 28.8 Å². The fourth-order valence-electron chi connectivity index (χ4n) is 1.71. The topological polar surface area (TPSA) is 112 Å². The van der Waals surface area contributed by atoms with Crippen LogP contribution in [-0.4, -0.2) is 9.85 Å². The lowest BCUT2D eigenvalue weighted by Crippen LogP contribution is -1.99. The van der Waals surface area contributed by atoms with Crippen molar-refractivity contribution in [3.05, 3.63) is 68.3 Å². The summed E-state index contributed by atoms with van der Waals surface area (Å²) in [4.78, 5) is 21.2. The van der Waals surface area contributed by atoms with E-state index in [0.29, 0.717) is 11.3 Å². The molecular weight excluding hydrogens is 294 g/mol. The number of nitrogens with zero attached hydrogens (tertiary/aromatic N) is 2. The van der Waals surface area contributed by atoms with Gasteiger partial charge < -0.3 is 5.73 Å². The van der Waals surface area contributed by atoms with E-state index in [1.54, 1.807) is 24.3 Å². The zero-order valence-electron chi connectivity index (χ0n) is 10.8. The molecule has 0 aliphatic carbocycles. The van der Waals surface area contributed by atoms with Crippen molar-refractivity contribution >= 4 is 28.8 Å². The van der Waals surface area contributed by atoms with Gasteiger partial charge in [-0.15, -0.1) is 11.8 Å². The Kier molecular flexibility index (Phi) is 4.39. The molecule has 2 aromatic rings. The first kappa shape index (κ1) is 14.8. The summed E-state index contributed by atoms with van der Waals surface area (Å²) in [5, 5.41) is 21.4. The van der Waals surface area contributed by atoms with E-state index in [9.17, 15) is 20.2 Å². The average molecular weight is 305 g/mol. The summed E-state index contributed by atoms with van der Waals surface area (Å²) in [5.74, 6) is 0.450. The van der Waals surface area contributed by atoms with Gasteiger partial charge in [-0.2, -0.15) is 0 Å². The molecule has 21 heavy (non-hydrogen) atoms. The molecule has 108 valence electrons. The van der Waals surface area contributed by atoms with E-state index in [-0.39, 0.29) is 17.1 Å². The van der Waals surface area contributed by atoms with Crippen molar-refractivity contribution in [2.45, 2.75) is 10.6 Å². The highest BCUT2D eigenvalue weighted by Gasteiger charge is 2.14. The normalized spacial score (nSPS) is 10.3. The number of nitrogens with two attached hydrogens (primary N) is 1.